The number of phenols is 1. The van der Waals surface area contributed by atoms with Crippen molar-refractivity contribution in [1.29, 1.82) is 0 Å². The number of halogens is 1. The molecule has 1 aromatic rings. The van der Waals surface area contributed by atoms with Crippen molar-refractivity contribution in [2.75, 3.05) is 0 Å². The second-order valence-electron chi connectivity index (χ2n) is 7.17. The zero-order chi connectivity index (χ0) is 15.4. The Bertz CT molecular complexity index is 596. The summed E-state index contributed by atoms with van der Waals surface area (Å²) in [4.78, 5) is 12.3. The molecule has 0 radical (unpaired) electrons. The first-order valence-electron chi connectivity index (χ1n) is 7.45. The predicted octanol–water partition coefficient (Wildman–Crippen LogP) is 4.42. The van der Waals surface area contributed by atoms with E-state index in [0.717, 1.165) is 12.8 Å². The first-order chi connectivity index (χ1) is 9.75. The minimum Gasteiger partial charge on any atom is -0.506 e. The molecule has 2 bridgehead atoms. The monoisotopic (exact) mass is 308 g/mol. The third-order valence-corrected chi connectivity index (χ3v) is 6.45. The number of ether oxygens (including phenoxy) is 1. The third kappa shape index (κ3) is 2.05. The molecule has 2 saturated carbocycles. The topological polar surface area (TPSA) is 46.5 Å². The van der Waals surface area contributed by atoms with Crippen LogP contribution >= 0.6 is 11.6 Å². The molecule has 0 spiro atoms. The van der Waals surface area contributed by atoms with Crippen molar-refractivity contribution in [3.63, 3.8) is 0 Å². The van der Waals surface area contributed by atoms with Crippen molar-refractivity contribution >= 4 is 17.6 Å². The van der Waals surface area contributed by atoms with Crippen molar-refractivity contribution in [2.24, 2.45) is 16.7 Å². The zero-order valence-electron chi connectivity index (χ0n) is 12.6. The quantitative estimate of drug-likeness (QED) is 0.823. The number of hydrogen-bond donors (Lipinski definition) is 1. The molecule has 3 atom stereocenters. The molecule has 4 heteroatoms. The van der Waals surface area contributed by atoms with Gasteiger partial charge in [-0.25, -0.2) is 4.79 Å². The number of carbonyl (C=O) groups excluding carboxylic acids is 1. The Kier molecular flexibility index (Phi) is 3.25. The Morgan fingerprint density at radius 3 is 2.62 bits per heavy atom. The van der Waals surface area contributed by atoms with E-state index in [1.165, 1.54) is 18.6 Å². The summed E-state index contributed by atoms with van der Waals surface area (Å²) in [7, 11) is 0. The van der Waals surface area contributed by atoms with Crippen LogP contribution in [0, 0.1) is 16.7 Å². The number of esters is 1. The van der Waals surface area contributed by atoms with Crippen LogP contribution in [0.25, 0.3) is 0 Å². The molecule has 0 amide bonds. The summed E-state index contributed by atoms with van der Waals surface area (Å²) in [6.45, 7) is 6.81. The van der Waals surface area contributed by atoms with Crippen molar-refractivity contribution in [1.82, 2.24) is 0 Å². The van der Waals surface area contributed by atoms with Crippen LogP contribution in [-0.2, 0) is 4.74 Å². The number of phenolic OH excluding ortho intramolecular Hbond substituents is 1. The number of aromatic hydroxyl groups is 1. The molecule has 0 aromatic heterocycles. The fourth-order valence-electron chi connectivity index (χ4n) is 4.14. The maximum Gasteiger partial charge on any atom is 0.338 e. The van der Waals surface area contributed by atoms with Gasteiger partial charge in [0.1, 0.15) is 11.9 Å². The molecule has 0 saturated heterocycles. The molecule has 0 heterocycles. The molecule has 21 heavy (non-hydrogen) atoms. The van der Waals surface area contributed by atoms with Gasteiger partial charge in [0.25, 0.3) is 0 Å². The van der Waals surface area contributed by atoms with Crippen molar-refractivity contribution in [3.05, 3.63) is 28.8 Å². The van der Waals surface area contributed by atoms with Gasteiger partial charge in [-0.1, -0.05) is 32.4 Å². The van der Waals surface area contributed by atoms with E-state index < -0.39 is 0 Å². The van der Waals surface area contributed by atoms with E-state index in [2.05, 4.69) is 20.8 Å². The first-order valence-corrected chi connectivity index (χ1v) is 7.83. The summed E-state index contributed by atoms with van der Waals surface area (Å²) in [5, 5.41) is 9.59. The second-order valence-corrected chi connectivity index (χ2v) is 7.58. The van der Waals surface area contributed by atoms with Gasteiger partial charge in [-0.15, -0.1) is 0 Å². The highest BCUT2D eigenvalue weighted by Crippen LogP contribution is 2.66. The van der Waals surface area contributed by atoms with Crippen LogP contribution in [0.2, 0.25) is 5.02 Å². The molecule has 114 valence electrons. The van der Waals surface area contributed by atoms with Crippen LogP contribution in [-0.4, -0.2) is 17.2 Å². The molecular formula is C17H21ClO3. The Labute approximate surface area is 130 Å². The minimum atomic E-state index is -0.355. The highest BCUT2D eigenvalue weighted by Gasteiger charge is 2.62. The third-order valence-electron chi connectivity index (χ3n) is 6.15. The lowest BCUT2D eigenvalue weighted by atomic mass is 9.70. The molecule has 3 unspecified atom stereocenters. The van der Waals surface area contributed by atoms with E-state index in [-0.39, 0.29) is 33.7 Å². The lowest BCUT2D eigenvalue weighted by Crippen LogP contribution is -2.38. The van der Waals surface area contributed by atoms with Crippen molar-refractivity contribution < 1.29 is 14.6 Å². The lowest BCUT2D eigenvalue weighted by Gasteiger charge is -2.38. The molecule has 3 nitrogen and oxygen atoms in total. The van der Waals surface area contributed by atoms with Gasteiger partial charge in [0.15, 0.2) is 0 Å². The van der Waals surface area contributed by atoms with Crippen LogP contribution in [0.5, 0.6) is 5.75 Å². The van der Waals surface area contributed by atoms with E-state index >= 15 is 0 Å². The Balaban J connectivity index is 1.79. The van der Waals surface area contributed by atoms with Gasteiger partial charge >= 0.3 is 5.97 Å². The number of benzene rings is 1. The summed E-state index contributed by atoms with van der Waals surface area (Å²) < 4.78 is 5.79. The highest BCUT2D eigenvalue weighted by atomic mass is 35.5. The van der Waals surface area contributed by atoms with E-state index in [1.54, 1.807) is 6.07 Å². The molecule has 1 N–H and O–H groups in total. The van der Waals surface area contributed by atoms with Crippen LogP contribution in [0.1, 0.15) is 50.4 Å². The van der Waals surface area contributed by atoms with E-state index in [0.29, 0.717) is 11.5 Å². The second kappa shape index (κ2) is 4.64. The van der Waals surface area contributed by atoms with E-state index in [4.69, 9.17) is 16.3 Å². The van der Waals surface area contributed by atoms with Crippen molar-refractivity contribution in [3.8, 4) is 5.75 Å². The Morgan fingerprint density at radius 1 is 1.38 bits per heavy atom. The highest BCUT2D eigenvalue weighted by molar-refractivity contribution is 6.32. The number of fused-ring (bicyclic) bond motifs is 2. The van der Waals surface area contributed by atoms with Crippen LogP contribution in [0.15, 0.2) is 18.2 Å². The SMILES string of the molecule is CC1(C)C2CCC1(C)C(OC(=O)c1ccc(O)c(Cl)c1)C2. The smallest absolute Gasteiger partial charge is 0.338 e. The lowest BCUT2D eigenvalue weighted by molar-refractivity contribution is -0.0242. The number of rotatable bonds is 2. The average Bonchev–Trinajstić information content (AvgIpc) is 2.75. The molecule has 0 aliphatic heterocycles. The van der Waals surface area contributed by atoms with Crippen LogP contribution in [0.3, 0.4) is 0 Å². The number of carbonyl (C=O) groups is 1. The Morgan fingerprint density at radius 2 is 2.10 bits per heavy atom. The van der Waals surface area contributed by atoms with Gasteiger partial charge in [-0.3, -0.25) is 0 Å². The average molecular weight is 309 g/mol. The van der Waals surface area contributed by atoms with Gasteiger partial charge in [-0.05, 0) is 48.8 Å². The summed E-state index contributed by atoms with van der Waals surface area (Å²) in [6, 6.07) is 4.43. The first kappa shape index (κ1) is 14.7. The normalized spacial score (nSPS) is 33.1. The maximum absolute atomic E-state index is 12.3. The summed E-state index contributed by atoms with van der Waals surface area (Å²) in [6.07, 6.45) is 3.24. The van der Waals surface area contributed by atoms with Crippen LogP contribution in [0.4, 0.5) is 0 Å². The van der Waals surface area contributed by atoms with Gasteiger partial charge in [0, 0.05) is 5.41 Å². The van der Waals surface area contributed by atoms with Crippen molar-refractivity contribution in [2.45, 2.75) is 46.1 Å². The summed E-state index contributed by atoms with van der Waals surface area (Å²) in [5.41, 5.74) is 0.653. The van der Waals surface area contributed by atoms with Crippen LogP contribution < -0.4 is 0 Å². The summed E-state index contributed by atoms with van der Waals surface area (Å²) in [5.74, 6) is 0.247. The van der Waals surface area contributed by atoms with Gasteiger partial charge in [-0.2, -0.15) is 0 Å². The molecule has 2 fully saturated rings. The van der Waals surface area contributed by atoms with E-state index in [9.17, 15) is 9.90 Å². The van der Waals surface area contributed by atoms with Gasteiger partial charge < -0.3 is 9.84 Å². The Hall–Kier alpha value is -1.22. The van der Waals surface area contributed by atoms with E-state index in [1.807, 2.05) is 0 Å². The van der Waals surface area contributed by atoms with Gasteiger partial charge in [0.2, 0.25) is 0 Å². The fourth-order valence-corrected chi connectivity index (χ4v) is 4.32. The predicted molar refractivity (Wildman–Crippen MR) is 81.5 cm³/mol. The molecule has 2 aliphatic carbocycles. The molecule has 2 aliphatic rings. The van der Waals surface area contributed by atoms with Gasteiger partial charge in [0.05, 0.1) is 10.6 Å². The number of hydrogen-bond acceptors (Lipinski definition) is 3. The largest absolute Gasteiger partial charge is 0.506 e. The maximum atomic E-state index is 12.3. The molecule has 1 aromatic carbocycles. The summed E-state index contributed by atoms with van der Waals surface area (Å²) >= 11 is 5.85. The standard InChI is InChI=1S/C17H21ClO3/c1-16(2)11-6-7-17(16,3)14(9-11)21-15(20)10-4-5-13(19)12(18)8-10/h4-5,8,11,14,19H,6-7,9H2,1-3H3. The zero-order valence-corrected chi connectivity index (χ0v) is 13.4. The minimum absolute atomic E-state index is 0.0266. The molecule has 3 rings (SSSR count). The molecular weight excluding hydrogens is 288 g/mol. The fraction of sp³-hybridized carbons (Fsp3) is 0.588.